The highest BCUT2D eigenvalue weighted by atomic mass is 16.5. The van der Waals surface area contributed by atoms with Crippen LogP contribution in [-0.4, -0.2) is 48.1 Å². The molecule has 0 aliphatic carbocycles. The Balaban J connectivity index is 2.14. The van der Waals surface area contributed by atoms with Gasteiger partial charge < -0.3 is 14.7 Å². The first kappa shape index (κ1) is 15.2. The molecular weight excluding hydrogens is 268 g/mol. The van der Waals surface area contributed by atoms with Gasteiger partial charge in [0.1, 0.15) is 0 Å². The van der Waals surface area contributed by atoms with E-state index >= 15 is 0 Å². The molecule has 0 bridgehead atoms. The number of hydrogen-bond donors (Lipinski definition) is 1. The van der Waals surface area contributed by atoms with E-state index < -0.39 is 0 Å². The normalized spacial score (nSPS) is 12.2. The molecular formula is C15H20N4O2. The van der Waals surface area contributed by atoms with Gasteiger partial charge >= 0.3 is 0 Å². The summed E-state index contributed by atoms with van der Waals surface area (Å²) in [6.45, 7) is 2.05. The molecule has 1 N–H and O–H groups in total. The first-order valence-corrected chi connectivity index (χ1v) is 6.83. The quantitative estimate of drug-likeness (QED) is 0.904. The summed E-state index contributed by atoms with van der Waals surface area (Å²) >= 11 is 0. The molecule has 1 unspecified atom stereocenters. The minimum atomic E-state index is -0.0318. The Kier molecular flexibility index (Phi) is 4.70. The highest BCUT2D eigenvalue weighted by Gasteiger charge is 2.12. The van der Waals surface area contributed by atoms with Crippen LogP contribution in [0.4, 0.5) is 0 Å². The third-order valence-corrected chi connectivity index (χ3v) is 3.23. The Labute approximate surface area is 124 Å². The maximum absolute atomic E-state index is 11.8. The summed E-state index contributed by atoms with van der Waals surface area (Å²) < 4.78 is 5.26. The fourth-order valence-electron chi connectivity index (χ4n) is 1.84. The molecule has 1 aromatic carbocycles. The summed E-state index contributed by atoms with van der Waals surface area (Å²) in [6, 6.07) is 7.44. The number of benzene rings is 1. The lowest BCUT2D eigenvalue weighted by Crippen LogP contribution is -2.24. The van der Waals surface area contributed by atoms with E-state index in [2.05, 4.69) is 22.4 Å². The Morgan fingerprint density at radius 2 is 2.00 bits per heavy atom. The average molecular weight is 288 g/mol. The summed E-state index contributed by atoms with van der Waals surface area (Å²) in [5, 5.41) is 7.09. The monoisotopic (exact) mass is 288 g/mol. The molecule has 0 fully saturated rings. The molecule has 6 nitrogen and oxygen atoms in total. The number of rotatable bonds is 5. The minimum Gasteiger partial charge on any atom is -0.345 e. The van der Waals surface area contributed by atoms with Crippen LogP contribution in [0.25, 0.3) is 11.5 Å². The number of likely N-dealkylation sites (N-methyl/N-ethyl adjacent to an activating group) is 1. The van der Waals surface area contributed by atoms with Crippen LogP contribution in [0.5, 0.6) is 0 Å². The van der Waals surface area contributed by atoms with Gasteiger partial charge in [-0.25, -0.2) is 0 Å². The number of amides is 1. The number of nitrogens with one attached hydrogen (secondary N) is 1. The van der Waals surface area contributed by atoms with Gasteiger partial charge in [0.15, 0.2) is 5.82 Å². The van der Waals surface area contributed by atoms with Gasteiger partial charge in [0.2, 0.25) is 0 Å². The molecule has 0 radical (unpaired) electrons. The zero-order chi connectivity index (χ0) is 15.4. The van der Waals surface area contributed by atoms with E-state index in [9.17, 15) is 4.79 Å². The van der Waals surface area contributed by atoms with Crippen molar-refractivity contribution in [2.45, 2.75) is 19.4 Å². The number of hydrogen-bond acceptors (Lipinski definition) is 5. The van der Waals surface area contributed by atoms with Gasteiger partial charge in [-0.1, -0.05) is 5.16 Å². The topological polar surface area (TPSA) is 71.3 Å². The summed E-state index contributed by atoms with van der Waals surface area (Å²) in [4.78, 5) is 17.7. The van der Waals surface area contributed by atoms with Crippen LogP contribution in [0.15, 0.2) is 28.8 Å². The van der Waals surface area contributed by atoms with E-state index in [-0.39, 0.29) is 11.9 Å². The average Bonchev–Trinajstić information content (AvgIpc) is 2.94. The highest BCUT2D eigenvalue weighted by Crippen LogP contribution is 2.18. The molecule has 2 aromatic rings. The molecule has 0 aliphatic rings. The number of aromatic nitrogens is 2. The van der Waals surface area contributed by atoms with Gasteiger partial charge in [0, 0.05) is 37.7 Å². The maximum Gasteiger partial charge on any atom is 0.257 e. The van der Waals surface area contributed by atoms with Crippen molar-refractivity contribution in [3.63, 3.8) is 0 Å². The van der Waals surface area contributed by atoms with Crippen molar-refractivity contribution >= 4 is 5.91 Å². The van der Waals surface area contributed by atoms with E-state index in [0.29, 0.717) is 23.7 Å². The predicted molar refractivity (Wildman–Crippen MR) is 80.0 cm³/mol. The lowest BCUT2D eigenvalue weighted by Gasteiger charge is -2.09. The standard InChI is InChI=1S/C15H20N4O2/c1-10(16-2)9-13-17-14(21-18-13)11-5-7-12(8-6-11)15(20)19(3)4/h5-8,10,16H,9H2,1-4H3. The van der Waals surface area contributed by atoms with Gasteiger partial charge in [0.25, 0.3) is 11.8 Å². The van der Waals surface area contributed by atoms with E-state index in [0.717, 1.165) is 5.56 Å². The second-order valence-electron chi connectivity index (χ2n) is 5.19. The zero-order valence-electron chi connectivity index (χ0n) is 12.8. The Bertz CT molecular complexity index is 604. The van der Waals surface area contributed by atoms with E-state index in [1.807, 2.05) is 19.2 Å². The van der Waals surface area contributed by atoms with Crippen LogP contribution in [0, 0.1) is 0 Å². The first-order valence-electron chi connectivity index (χ1n) is 6.83. The molecule has 112 valence electrons. The van der Waals surface area contributed by atoms with Crippen molar-refractivity contribution in [1.82, 2.24) is 20.4 Å². The summed E-state index contributed by atoms with van der Waals surface area (Å²) in [5.74, 6) is 1.10. The Hall–Kier alpha value is -2.21. The minimum absolute atomic E-state index is 0.0318. The molecule has 1 heterocycles. The number of nitrogens with zero attached hydrogens (tertiary/aromatic N) is 3. The van der Waals surface area contributed by atoms with E-state index in [1.54, 1.807) is 31.1 Å². The molecule has 1 atom stereocenters. The van der Waals surface area contributed by atoms with Crippen LogP contribution in [0.3, 0.4) is 0 Å². The molecule has 1 aromatic heterocycles. The highest BCUT2D eigenvalue weighted by molar-refractivity contribution is 5.94. The number of carbonyl (C=O) groups excluding carboxylic acids is 1. The molecule has 0 saturated heterocycles. The molecule has 1 amide bonds. The van der Waals surface area contributed by atoms with Gasteiger partial charge in [0.05, 0.1) is 0 Å². The SMILES string of the molecule is CNC(C)Cc1noc(-c2ccc(C(=O)N(C)C)cc2)n1. The number of carbonyl (C=O) groups is 1. The van der Waals surface area contributed by atoms with E-state index in [1.165, 1.54) is 0 Å². The van der Waals surface area contributed by atoms with Gasteiger partial charge in [-0.2, -0.15) is 4.98 Å². The summed E-state index contributed by atoms with van der Waals surface area (Å²) in [7, 11) is 5.35. The third kappa shape index (κ3) is 3.66. The van der Waals surface area contributed by atoms with Crippen LogP contribution in [-0.2, 0) is 6.42 Å². The fourth-order valence-corrected chi connectivity index (χ4v) is 1.84. The zero-order valence-corrected chi connectivity index (χ0v) is 12.8. The maximum atomic E-state index is 11.8. The predicted octanol–water partition coefficient (Wildman–Crippen LogP) is 1.59. The van der Waals surface area contributed by atoms with Crippen LogP contribution in [0.2, 0.25) is 0 Å². The molecule has 0 saturated carbocycles. The third-order valence-electron chi connectivity index (χ3n) is 3.23. The lowest BCUT2D eigenvalue weighted by atomic mass is 10.1. The van der Waals surface area contributed by atoms with Gasteiger partial charge in [-0.3, -0.25) is 4.79 Å². The first-order chi connectivity index (χ1) is 10.0. The van der Waals surface area contributed by atoms with Crippen molar-refractivity contribution in [2.75, 3.05) is 21.1 Å². The van der Waals surface area contributed by atoms with Crippen molar-refractivity contribution in [3.8, 4) is 11.5 Å². The van der Waals surface area contributed by atoms with E-state index in [4.69, 9.17) is 4.52 Å². The second-order valence-corrected chi connectivity index (χ2v) is 5.19. The van der Waals surface area contributed by atoms with Gasteiger partial charge in [-0.05, 0) is 38.2 Å². The van der Waals surface area contributed by atoms with Crippen LogP contribution in [0.1, 0.15) is 23.1 Å². The molecule has 0 spiro atoms. The molecule has 0 aliphatic heterocycles. The van der Waals surface area contributed by atoms with Crippen LogP contribution < -0.4 is 5.32 Å². The van der Waals surface area contributed by atoms with Crippen LogP contribution >= 0.6 is 0 Å². The summed E-state index contributed by atoms with van der Waals surface area (Å²) in [6.07, 6.45) is 0.706. The smallest absolute Gasteiger partial charge is 0.257 e. The van der Waals surface area contributed by atoms with Gasteiger partial charge in [-0.15, -0.1) is 0 Å². The Morgan fingerprint density at radius 1 is 1.33 bits per heavy atom. The Morgan fingerprint density at radius 3 is 2.57 bits per heavy atom. The largest absolute Gasteiger partial charge is 0.345 e. The van der Waals surface area contributed by atoms with Crippen molar-refractivity contribution in [1.29, 1.82) is 0 Å². The fraction of sp³-hybridized carbons (Fsp3) is 0.400. The van der Waals surface area contributed by atoms with Crippen molar-refractivity contribution in [3.05, 3.63) is 35.7 Å². The molecule has 6 heteroatoms. The van der Waals surface area contributed by atoms with Crippen molar-refractivity contribution < 1.29 is 9.32 Å². The summed E-state index contributed by atoms with van der Waals surface area (Å²) in [5.41, 5.74) is 1.44. The molecule has 2 rings (SSSR count). The second kappa shape index (κ2) is 6.49. The molecule has 21 heavy (non-hydrogen) atoms. The van der Waals surface area contributed by atoms with Crippen molar-refractivity contribution in [2.24, 2.45) is 0 Å². The lowest BCUT2D eigenvalue weighted by molar-refractivity contribution is 0.0827.